The van der Waals surface area contributed by atoms with Crippen molar-refractivity contribution in [2.24, 2.45) is 0 Å². The van der Waals surface area contributed by atoms with Crippen molar-refractivity contribution in [1.29, 1.82) is 5.26 Å². The van der Waals surface area contributed by atoms with Gasteiger partial charge in [-0.2, -0.15) is 5.26 Å². The molecule has 0 radical (unpaired) electrons. The Balaban J connectivity index is 1.68. The van der Waals surface area contributed by atoms with E-state index >= 15 is 0 Å². The maximum absolute atomic E-state index is 12.1. The molecule has 1 aliphatic rings. The van der Waals surface area contributed by atoms with Crippen molar-refractivity contribution < 1.29 is 22.6 Å². The molecule has 0 atom stereocenters. The van der Waals surface area contributed by atoms with Crippen LogP contribution in [0.3, 0.4) is 0 Å². The number of ether oxygens (including phenoxy) is 3. The van der Waals surface area contributed by atoms with Crippen LogP contribution in [-0.2, 0) is 10.0 Å². The van der Waals surface area contributed by atoms with E-state index in [4.69, 9.17) is 14.2 Å². The van der Waals surface area contributed by atoms with Crippen LogP contribution in [0.4, 0.5) is 5.69 Å². The first-order valence-corrected chi connectivity index (χ1v) is 10.7. The SMILES string of the molecule is COc1cc2ncc(C#N)c(Oc3ccc(NS(=O)(=O)C4CC4)cc3)c2cc1OC. The summed E-state index contributed by atoms with van der Waals surface area (Å²) < 4.78 is 43.4. The van der Waals surface area contributed by atoms with Gasteiger partial charge in [-0.3, -0.25) is 9.71 Å². The highest BCUT2D eigenvalue weighted by atomic mass is 32.2. The van der Waals surface area contributed by atoms with E-state index in [-0.39, 0.29) is 10.8 Å². The highest BCUT2D eigenvalue weighted by Crippen LogP contribution is 2.39. The first-order chi connectivity index (χ1) is 14.4. The monoisotopic (exact) mass is 425 g/mol. The Morgan fingerprint density at radius 1 is 1.10 bits per heavy atom. The van der Waals surface area contributed by atoms with E-state index in [9.17, 15) is 13.7 Å². The Labute approximate surface area is 174 Å². The van der Waals surface area contributed by atoms with E-state index in [0.29, 0.717) is 52.4 Å². The maximum Gasteiger partial charge on any atom is 0.235 e. The van der Waals surface area contributed by atoms with Crippen LogP contribution in [-0.4, -0.2) is 32.9 Å². The Morgan fingerprint density at radius 3 is 2.37 bits per heavy atom. The van der Waals surface area contributed by atoms with Crippen LogP contribution in [0.15, 0.2) is 42.6 Å². The number of nitrogens with zero attached hydrogens (tertiary/aromatic N) is 2. The molecule has 0 amide bonds. The first kappa shape index (κ1) is 19.8. The lowest BCUT2D eigenvalue weighted by Crippen LogP contribution is -2.17. The number of hydrogen-bond donors (Lipinski definition) is 1. The second-order valence-electron chi connectivity index (χ2n) is 6.81. The summed E-state index contributed by atoms with van der Waals surface area (Å²) in [5.41, 5.74) is 1.30. The highest BCUT2D eigenvalue weighted by Gasteiger charge is 2.35. The van der Waals surface area contributed by atoms with Gasteiger partial charge in [-0.25, -0.2) is 8.42 Å². The van der Waals surface area contributed by atoms with Gasteiger partial charge in [-0.05, 0) is 43.2 Å². The highest BCUT2D eigenvalue weighted by molar-refractivity contribution is 7.93. The van der Waals surface area contributed by atoms with Gasteiger partial charge in [0.05, 0.1) is 25.0 Å². The van der Waals surface area contributed by atoms with Gasteiger partial charge in [0, 0.05) is 23.3 Å². The van der Waals surface area contributed by atoms with Gasteiger partial charge >= 0.3 is 0 Å². The number of nitriles is 1. The molecule has 1 aliphatic carbocycles. The van der Waals surface area contributed by atoms with Crippen LogP contribution in [0.2, 0.25) is 0 Å². The third-order valence-corrected chi connectivity index (χ3v) is 6.61. The molecule has 1 aromatic heterocycles. The number of nitrogens with one attached hydrogen (secondary N) is 1. The van der Waals surface area contributed by atoms with E-state index in [1.165, 1.54) is 20.4 Å². The molecule has 30 heavy (non-hydrogen) atoms. The summed E-state index contributed by atoms with van der Waals surface area (Å²) >= 11 is 0. The van der Waals surface area contributed by atoms with Crippen LogP contribution in [0.1, 0.15) is 18.4 Å². The molecule has 0 aliphatic heterocycles. The molecule has 1 N–H and O–H groups in total. The van der Waals surface area contributed by atoms with Crippen LogP contribution in [0, 0.1) is 11.3 Å². The quantitative estimate of drug-likeness (QED) is 0.612. The number of pyridine rings is 1. The summed E-state index contributed by atoms with van der Waals surface area (Å²) in [4.78, 5) is 4.30. The fourth-order valence-electron chi connectivity index (χ4n) is 3.02. The van der Waals surface area contributed by atoms with Gasteiger partial charge < -0.3 is 14.2 Å². The Bertz CT molecular complexity index is 1250. The number of fused-ring (bicyclic) bond motifs is 1. The molecule has 9 heteroatoms. The Hall–Kier alpha value is -3.51. The zero-order chi connectivity index (χ0) is 21.3. The van der Waals surface area contributed by atoms with Crippen molar-refractivity contribution in [1.82, 2.24) is 4.98 Å². The van der Waals surface area contributed by atoms with Crippen LogP contribution in [0.5, 0.6) is 23.0 Å². The minimum Gasteiger partial charge on any atom is -0.493 e. The van der Waals surface area contributed by atoms with E-state index in [1.807, 2.05) is 0 Å². The molecular weight excluding hydrogens is 406 g/mol. The first-order valence-electron chi connectivity index (χ1n) is 9.19. The summed E-state index contributed by atoms with van der Waals surface area (Å²) in [5, 5.41) is 9.79. The summed E-state index contributed by atoms with van der Waals surface area (Å²) in [7, 11) is -0.281. The lowest BCUT2D eigenvalue weighted by atomic mass is 10.1. The topological polar surface area (TPSA) is 111 Å². The lowest BCUT2D eigenvalue weighted by molar-refractivity contribution is 0.355. The molecule has 1 heterocycles. The van der Waals surface area contributed by atoms with Crippen molar-refractivity contribution in [2.75, 3.05) is 18.9 Å². The van der Waals surface area contributed by atoms with Gasteiger partial charge in [0.15, 0.2) is 17.2 Å². The standard InChI is InChI=1S/C21H19N3O5S/c1-27-19-9-17-18(10-20(19)28-2)23-12-13(11-22)21(17)29-15-5-3-14(4-6-15)24-30(25,26)16-7-8-16/h3-6,9-10,12,16,24H,7-8H2,1-2H3. The third-order valence-electron chi connectivity index (χ3n) is 4.74. The number of rotatable bonds is 7. The predicted molar refractivity (Wildman–Crippen MR) is 112 cm³/mol. The number of methoxy groups -OCH3 is 2. The normalized spacial score (nSPS) is 13.5. The van der Waals surface area contributed by atoms with E-state index in [1.54, 1.807) is 36.4 Å². The predicted octanol–water partition coefficient (Wildman–Crippen LogP) is 3.82. The van der Waals surface area contributed by atoms with Gasteiger partial charge in [0.25, 0.3) is 0 Å². The van der Waals surface area contributed by atoms with Gasteiger partial charge in [0.2, 0.25) is 10.0 Å². The number of anilines is 1. The lowest BCUT2D eigenvalue weighted by Gasteiger charge is -2.14. The maximum atomic E-state index is 12.1. The van der Waals surface area contributed by atoms with Gasteiger partial charge in [0.1, 0.15) is 17.4 Å². The second kappa shape index (κ2) is 7.72. The second-order valence-corrected chi connectivity index (χ2v) is 8.77. The average molecular weight is 425 g/mol. The van der Waals surface area contributed by atoms with E-state index < -0.39 is 10.0 Å². The molecule has 4 rings (SSSR count). The van der Waals surface area contributed by atoms with Crippen molar-refractivity contribution >= 4 is 26.6 Å². The van der Waals surface area contributed by atoms with Crippen molar-refractivity contribution in [2.45, 2.75) is 18.1 Å². The number of benzene rings is 2. The molecule has 0 unspecified atom stereocenters. The molecule has 0 bridgehead atoms. The Kier molecular flexibility index (Phi) is 5.10. The van der Waals surface area contributed by atoms with Crippen molar-refractivity contribution in [3.05, 3.63) is 48.2 Å². The average Bonchev–Trinajstić information content (AvgIpc) is 3.60. The number of aromatic nitrogens is 1. The molecule has 2 aromatic carbocycles. The van der Waals surface area contributed by atoms with Crippen molar-refractivity contribution in [3.8, 4) is 29.1 Å². The number of hydrogen-bond acceptors (Lipinski definition) is 7. The molecule has 1 saturated carbocycles. The molecule has 0 saturated heterocycles. The smallest absolute Gasteiger partial charge is 0.235 e. The van der Waals surface area contributed by atoms with Gasteiger partial charge in [-0.1, -0.05) is 0 Å². The Morgan fingerprint density at radius 2 is 1.77 bits per heavy atom. The zero-order valence-corrected chi connectivity index (χ0v) is 17.2. The number of sulfonamides is 1. The molecule has 3 aromatic rings. The third kappa shape index (κ3) is 3.82. The van der Waals surface area contributed by atoms with Crippen molar-refractivity contribution in [3.63, 3.8) is 0 Å². The summed E-state index contributed by atoms with van der Waals surface area (Å²) in [6.07, 6.45) is 2.81. The molecule has 0 spiro atoms. The summed E-state index contributed by atoms with van der Waals surface area (Å²) in [6.45, 7) is 0. The van der Waals surface area contributed by atoms with Gasteiger partial charge in [-0.15, -0.1) is 0 Å². The fourth-order valence-corrected chi connectivity index (χ4v) is 4.41. The van der Waals surface area contributed by atoms with Crippen LogP contribution < -0.4 is 18.9 Å². The van der Waals surface area contributed by atoms with E-state index in [0.717, 1.165) is 0 Å². The summed E-state index contributed by atoms with van der Waals surface area (Å²) in [5.74, 6) is 1.77. The van der Waals surface area contributed by atoms with Crippen LogP contribution in [0.25, 0.3) is 10.9 Å². The minimum absolute atomic E-state index is 0.258. The molecule has 8 nitrogen and oxygen atoms in total. The molecule has 154 valence electrons. The summed E-state index contributed by atoms with van der Waals surface area (Å²) in [6, 6.07) is 12.0. The molecule has 1 fully saturated rings. The molecular formula is C21H19N3O5S. The zero-order valence-electron chi connectivity index (χ0n) is 16.4. The van der Waals surface area contributed by atoms with E-state index in [2.05, 4.69) is 15.8 Å². The largest absolute Gasteiger partial charge is 0.493 e. The minimum atomic E-state index is -3.33. The fraction of sp³-hybridized carbons (Fsp3) is 0.238. The van der Waals surface area contributed by atoms with Crippen LogP contribution >= 0.6 is 0 Å².